The van der Waals surface area contributed by atoms with Gasteiger partial charge in [-0.25, -0.2) is 22.6 Å². The standard InChI is InChI=1S/C22H23ClFN3O3S2.C2HF3O2/c1-15(16-5-3-2-4-6-16)27-10-7-17(8-11-27)30-20-14-19(24)21(13-18(20)23)32(28,29)26-22-25-9-12-31-22;3-2(4,5)1(6)7/h2-6,9,12-15,17H,7-8,10-11H2,1H3,(H,25,26);(H,6,7)/t15-;/m1./s1. The molecule has 0 spiro atoms. The van der Waals surface area contributed by atoms with E-state index in [1.54, 1.807) is 5.38 Å². The number of benzene rings is 2. The van der Waals surface area contributed by atoms with Crippen LogP contribution in [0.3, 0.4) is 0 Å². The van der Waals surface area contributed by atoms with Gasteiger partial charge in [-0.1, -0.05) is 41.9 Å². The molecule has 39 heavy (non-hydrogen) atoms. The topological polar surface area (TPSA) is 109 Å². The third-order valence-electron chi connectivity index (χ3n) is 5.77. The maximum Gasteiger partial charge on any atom is 0.490 e. The summed E-state index contributed by atoms with van der Waals surface area (Å²) >= 11 is 7.36. The number of ether oxygens (including phenoxy) is 1. The van der Waals surface area contributed by atoms with Crippen molar-refractivity contribution in [1.82, 2.24) is 9.88 Å². The van der Waals surface area contributed by atoms with E-state index in [1.807, 2.05) is 18.2 Å². The number of aliphatic carboxylic acids is 1. The van der Waals surface area contributed by atoms with Crippen LogP contribution in [0.1, 0.15) is 31.4 Å². The van der Waals surface area contributed by atoms with Crippen molar-refractivity contribution in [3.8, 4) is 5.75 Å². The maximum atomic E-state index is 14.7. The highest BCUT2D eigenvalue weighted by molar-refractivity contribution is 7.93. The predicted molar refractivity (Wildman–Crippen MR) is 138 cm³/mol. The summed E-state index contributed by atoms with van der Waals surface area (Å²) in [7, 11) is -4.15. The van der Waals surface area contributed by atoms with Gasteiger partial charge in [0.2, 0.25) is 0 Å². The quantitative estimate of drug-likeness (QED) is 0.318. The van der Waals surface area contributed by atoms with Crippen LogP contribution in [-0.4, -0.2) is 54.7 Å². The van der Waals surface area contributed by atoms with Crippen LogP contribution in [-0.2, 0) is 14.8 Å². The highest BCUT2D eigenvalue weighted by Gasteiger charge is 2.38. The van der Waals surface area contributed by atoms with Gasteiger partial charge in [-0.15, -0.1) is 11.3 Å². The summed E-state index contributed by atoms with van der Waals surface area (Å²) in [6.07, 6.45) is -2.22. The molecule has 0 saturated carbocycles. The first kappa shape index (κ1) is 30.6. The Morgan fingerprint density at radius 3 is 2.38 bits per heavy atom. The summed E-state index contributed by atoms with van der Waals surface area (Å²) in [5.74, 6) is -3.54. The molecular formula is C24H24ClF4N3O5S2. The molecular weight excluding hydrogens is 586 g/mol. The molecule has 1 fully saturated rings. The number of rotatable bonds is 7. The number of aromatic nitrogens is 1. The molecule has 212 valence electrons. The van der Waals surface area contributed by atoms with Crippen LogP contribution in [0.5, 0.6) is 5.75 Å². The molecule has 1 aromatic heterocycles. The Bertz CT molecular complexity index is 1350. The van der Waals surface area contributed by atoms with Crippen LogP contribution in [0.25, 0.3) is 0 Å². The smallest absolute Gasteiger partial charge is 0.489 e. The number of thiazole rings is 1. The minimum atomic E-state index is -5.08. The van der Waals surface area contributed by atoms with Crippen LogP contribution in [0.2, 0.25) is 5.02 Å². The molecule has 0 unspecified atom stereocenters. The van der Waals surface area contributed by atoms with E-state index in [1.165, 1.54) is 11.8 Å². The number of piperidine rings is 1. The highest BCUT2D eigenvalue weighted by atomic mass is 35.5. The minimum Gasteiger partial charge on any atom is -0.489 e. The van der Waals surface area contributed by atoms with Gasteiger partial charge in [-0.05, 0) is 31.4 Å². The van der Waals surface area contributed by atoms with Crippen molar-refractivity contribution in [2.24, 2.45) is 0 Å². The minimum absolute atomic E-state index is 0.0472. The third-order valence-corrected chi connectivity index (χ3v) is 8.24. The van der Waals surface area contributed by atoms with Crippen molar-refractivity contribution in [3.63, 3.8) is 0 Å². The van der Waals surface area contributed by atoms with E-state index in [0.29, 0.717) is 6.04 Å². The Morgan fingerprint density at radius 2 is 1.85 bits per heavy atom. The first-order valence-corrected chi connectivity index (χ1v) is 14.2. The first-order valence-electron chi connectivity index (χ1n) is 11.4. The van der Waals surface area contributed by atoms with E-state index < -0.39 is 32.9 Å². The van der Waals surface area contributed by atoms with Gasteiger partial charge in [0.25, 0.3) is 10.0 Å². The predicted octanol–water partition coefficient (Wildman–Crippen LogP) is 5.97. The van der Waals surface area contributed by atoms with Crippen molar-refractivity contribution < 1.29 is 40.6 Å². The lowest BCUT2D eigenvalue weighted by Gasteiger charge is -2.36. The SMILES string of the molecule is C[C@H](c1ccccc1)N1CCC(Oc2cc(F)c(S(=O)(=O)Nc3nccs3)cc2Cl)CC1.O=C(O)C(F)(F)F. The zero-order chi connectivity index (χ0) is 28.8. The Balaban J connectivity index is 0.000000532. The third kappa shape index (κ3) is 8.52. The number of hydrogen-bond acceptors (Lipinski definition) is 7. The van der Waals surface area contributed by atoms with Gasteiger partial charge in [-0.3, -0.25) is 9.62 Å². The van der Waals surface area contributed by atoms with Gasteiger partial charge in [0.05, 0.1) is 5.02 Å². The zero-order valence-corrected chi connectivity index (χ0v) is 22.7. The van der Waals surface area contributed by atoms with E-state index >= 15 is 0 Å². The Kier molecular flexibility index (Phi) is 10.2. The number of carbonyl (C=O) groups is 1. The number of hydrogen-bond donors (Lipinski definition) is 2. The number of nitrogens with zero attached hydrogens (tertiary/aromatic N) is 2. The summed E-state index contributed by atoms with van der Waals surface area (Å²) in [4.78, 5) is 14.6. The van der Waals surface area contributed by atoms with Crippen molar-refractivity contribution in [3.05, 3.63) is 70.4 Å². The average Bonchev–Trinajstić information content (AvgIpc) is 3.38. The Labute approximate surface area is 231 Å². The molecule has 2 heterocycles. The molecule has 8 nitrogen and oxygen atoms in total. The van der Waals surface area contributed by atoms with Crippen molar-refractivity contribution in [2.45, 2.75) is 43.0 Å². The number of carboxylic acids is 1. The molecule has 15 heteroatoms. The molecule has 2 N–H and O–H groups in total. The fraction of sp³-hybridized carbons (Fsp3) is 0.333. The van der Waals surface area contributed by atoms with E-state index in [-0.39, 0.29) is 22.0 Å². The molecule has 1 aliphatic rings. The molecule has 1 saturated heterocycles. The second kappa shape index (κ2) is 12.9. The van der Waals surface area contributed by atoms with E-state index in [2.05, 4.69) is 33.7 Å². The normalized spacial score (nSPS) is 15.6. The van der Waals surface area contributed by atoms with Gasteiger partial charge < -0.3 is 9.84 Å². The lowest BCUT2D eigenvalue weighted by Crippen LogP contribution is -2.39. The van der Waals surface area contributed by atoms with Crippen LogP contribution in [0, 0.1) is 5.82 Å². The number of sulfonamides is 1. The summed E-state index contributed by atoms with van der Waals surface area (Å²) in [6.45, 7) is 3.86. The summed E-state index contributed by atoms with van der Waals surface area (Å²) in [6, 6.07) is 12.7. The highest BCUT2D eigenvalue weighted by Crippen LogP contribution is 2.33. The van der Waals surface area contributed by atoms with Crippen molar-refractivity contribution in [1.29, 1.82) is 0 Å². The average molecular weight is 610 g/mol. The van der Waals surface area contributed by atoms with Gasteiger partial charge in [0.1, 0.15) is 22.6 Å². The van der Waals surface area contributed by atoms with Crippen LogP contribution >= 0.6 is 22.9 Å². The largest absolute Gasteiger partial charge is 0.490 e. The molecule has 0 aliphatic carbocycles. The molecule has 1 aliphatic heterocycles. The second-order valence-electron chi connectivity index (χ2n) is 8.40. The van der Waals surface area contributed by atoms with Gasteiger partial charge in [0, 0.05) is 36.8 Å². The van der Waals surface area contributed by atoms with E-state index in [4.69, 9.17) is 26.2 Å². The Hall–Kier alpha value is -2.94. The summed E-state index contributed by atoms with van der Waals surface area (Å²) < 4.78 is 79.6. The number of likely N-dealkylation sites (tertiary alicyclic amines) is 1. The van der Waals surface area contributed by atoms with Gasteiger partial charge in [0.15, 0.2) is 5.13 Å². The maximum absolute atomic E-state index is 14.7. The van der Waals surface area contributed by atoms with Gasteiger partial charge in [-0.2, -0.15) is 13.2 Å². The van der Waals surface area contributed by atoms with Gasteiger partial charge >= 0.3 is 12.1 Å². The van der Waals surface area contributed by atoms with E-state index in [0.717, 1.165) is 49.4 Å². The fourth-order valence-electron chi connectivity index (χ4n) is 3.75. The number of nitrogens with one attached hydrogen (secondary N) is 1. The van der Waals surface area contributed by atoms with Crippen LogP contribution in [0.15, 0.2) is 58.9 Å². The number of alkyl halides is 3. The molecule has 3 aromatic rings. The molecule has 2 aromatic carbocycles. The van der Waals surface area contributed by atoms with E-state index in [9.17, 15) is 26.0 Å². The molecule has 4 rings (SSSR count). The number of carboxylic acid groups (broad SMARTS) is 1. The monoisotopic (exact) mass is 609 g/mol. The fourth-order valence-corrected chi connectivity index (χ4v) is 5.90. The van der Waals surface area contributed by atoms with Crippen LogP contribution in [0.4, 0.5) is 22.7 Å². The first-order chi connectivity index (χ1) is 18.3. The summed E-state index contributed by atoms with van der Waals surface area (Å²) in [5, 5.41) is 8.94. The van der Waals surface area contributed by atoms with Crippen LogP contribution < -0.4 is 9.46 Å². The second-order valence-corrected chi connectivity index (χ2v) is 11.4. The molecule has 0 amide bonds. The van der Waals surface area contributed by atoms with Crippen molar-refractivity contribution in [2.75, 3.05) is 17.8 Å². The summed E-state index contributed by atoms with van der Waals surface area (Å²) in [5.41, 5.74) is 1.26. The lowest BCUT2D eigenvalue weighted by atomic mass is 10.0. The molecule has 1 atom stereocenters. The zero-order valence-electron chi connectivity index (χ0n) is 20.4. The molecule has 0 bridgehead atoms. The Morgan fingerprint density at radius 1 is 1.23 bits per heavy atom. The number of halogens is 5. The molecule has 0 radical (unpaired) electrons. The number of anilines is 1. The van der Waals surface area contributed by atoms with Crippen molar-refractivity contribution >= 4 is 44.1 Å². The lowest BCUT2D eigenvalue weighted by molar-refractivity contribution is -0.192.